The Kier molecular flexibility index (Phi) is 2.52. The van der Waals surface area contributed by atoms with Gasteiger partial charge in [0.1, 0.15) is 17.2 Å². The summed E-state index contributed by atoms with van der Waals surface area (Å²) in [6.45, 7) is 5.47. The SMILES string of the molecule is C=C(C)c1cn(-c2ccc(F)cc2F)nn1. The van der Waals surface area contributed by atoms with Crippen molar-refractivity contribution in [2.45, 2.75) is 6.92 Å². The first-order valence-electron chi connectivity index (χ1n) is 4.61. The third kappa shape index (κ3) is 1.84. The molecule has 0 fully saturated rings. The van der Waals surface area contributed by atoms with Gasteiger partial charge in [-0.25, -0.2) is 13.5 Å². The Bertz CT molecular complexity index is 546. The minimum absolute atomic E-state index is 0.154. The second kappa shape index (κ2) is 3.84. The van der Waals surface area contributed by atoms with E-state index >= 15 is 0 Å². The van der Waals surface area contributed by atoms with E-state index in [0.717, 1.165) is 11.6 Å². The molecule has 1 aromatic heterocycles. The lowest BCUT2D eigenvalue weighted by atomic mass is 10.2. The normalized spacial score (nSPS) is 10.4. The van der Waals surface area contributed by atoms with Crippen LogP contribution in [0.3, 0.4) is 0 Å². The number of hydrogen-bond donors (Lipinski definition) is 0. The zero-order valence-corrected chi connectivity index (χ0v) is 8.61. The van der Waals surface area contributed by atoms with Crippen LogP contribution in [0.2, 0.25) is 0 Å². The molecule has 1 aromatic carbocycles. The van der Waals surface area contributed by atoms with Crippen molar-refractivity contribution >= 4 is 5.57 Å². The first-order chi connectivity index (χ1) is 7.58. The topological polar surface area (TPSA) is 30.7 Å². The molecular weight excluding hydrogens is 212 g/mol. The maximum absolute atomic E-state index is 13.4. The van der Waals surface area contributed by atoms with Gasteiger partial charge in [-0.1, -0.05) is 11.8 Å². The Morgan fingerprint density at radius 2 is 2.12 bits per heavy atom. The Balaban J connectivity index is 2.46. The molecule has 2 aromatic rings. The number of allylic oxidation sites excluding steroid dienone is 1. The molecule has 0 radical (unpaired) electrons. The van der Waals surface area contributed by atoms with Crippen LogP contribution in [-0.2, 0) is 0 Å². The number of nitrogens with zero attached hydrogens (tertiary/aromatic N) is 3. The number of benzene rings is 1. The lowest BCUT2D eigenvalue weighted by Gasteiger charge is -2.01. The summed E-state index contributed by atoms with van der Waals surface area (Å²) in [6, 6.07) is 3.28. The molecule has 16 heavy (non-hydrogen) atoms. The van der Waals surface area contributed by atoms with Crippen LogP contribution < -0.4 is 0 Å². The third-order valence-corrected chi connectivity index (χ3v) is 2.09. The van der Waals surface area contributed by atoms with Gasteiger partial charge < -0.3 is 0 Å². The molecule has 0 saturated carbocycles. The fraction of sp³-hybridized carbons (Fsp3) is 0.0909. The van der Waals surface area contributed by atoms with E-state index < -0.39 is 11.6 Å². The van der Waals surface area contributed by atoms with Gasteiger partial charge in [-0.05, 0) is 24.6 Å². The molecule has 82 valence electrons. The predicted octanol–water partition coefficient (Wildman–Crippen LogP) is 2.58. The van der Waals surface area contributed by atoms with E-state index in [0.29, 0.717) is 5.69 Å². The van der Waals surface area contributed by atoms with Crippen LogP contribution in [0.25, 0.3) is 11.3 Å². The van der Waals surface area contributed by atoms with Crippen LogP contribution in [0.15, 0.2) is 31.0 Å². The summed E-state index contributed by atoms with van der Waals surface area (Å²) < 4.78 is 27.3. The van der Waals surface area contributed by atoms with Crippen molar-refractivity contribution < 1.29 is 8.78 Å². The van der Waals surface area contributed by atoms with Crippen molar-refractivity contribution in [2.24, 2.45) is 0 Å². The van der Waals surface area contributed by atoms with Crippen LogP contribution in [0.4, 0.5) is 8.78 Å². The van der Waals surface area contributed by atoms with Crippen molar-refractivity contribution in [3.8, 4) is 5.69 Å². The zero-order chi connectivity index (χ0) is 11.7. The van der Waals surface area contributed by atoms with Gasteiger partial charge in [-0.2, -0.15) is 0 Å². The fourth-order valence-electron chi connectivity index (χ4n) is 1.24. The summed E-state index contributed by atoms with van der Waals surface area (Å²) in [5.74, 6) is -1.31. The number of halogens is 2. The highest BCUT2D eigenvalue weighted by Crippen LogP contribution is 2.15. The largest absolute Gasteiger partial charge is 0.217 e. The van der Waals surface area contributed by atoms with Crippen molar-refractivity contribution in [3.63, 3.8) is 0 Å². The fourth-order valence-corrected chi connectivity index (χ4v) is 1.24. The monoisotopic (exact) mass is 221 g/mol. The molecule has 0 saturated heterocycles. The summed E-state index contributed by atoms with van der Waals surface area (Å²) in [6.07, 6.45) is 1.54. The molecule has 0 amide bonds. The average molecular weight is 221 g/mol. The van der Waals surface area contributed by atoms with E-state index in [1.807, 2.05) is 0 Å². The average Bonchev–Trinajstić information content (AvgIpc) is 2.66. The van der Waals surface area contributed by atoms with Crippen molar-refractivity contribution in [3.05, 3.63) is 48.3 Å². The highest BCUT2D eigenvalue weighted by atomic mass is 19.1. The highest BCUT2D eigenvalue weighted by molar-refractivity contribution is 5.56. The predicted molar refractivity (Wildman–Crippen MR) is 56.0 cm³/mol. The van der Waals surface area contributed by atoms with E-state index in [1.54, 1.807) is 13.1 Å². The van der Waals surface area contributed by atoms with Crippen molar-refractivity contribution in [2.75, 3.05) is 0 Å². The molecule has 0 spiro atoms. The molecule has 0 bridgehead atoms. The van der Waals surface area contributed by atoms with E-state index in [9.17, 15) is 8.78 Å². The smallest absolute Gasteiger partial charge is 0.151 e. The lowest BCUT2D eigenvalue weighted by molar-refractivity contribution is 0.572. The molecule has 0 aliphatic heterocycles. The molecule has 0 aliphatic rings. The quantitative estimate of drug-likeness (QED) is 0.780. The van der Waals surface area contributed by atoms with Gasteiger partial charge in [0.25, 0.3) is 0 Å². The van der Waals surface area contributed by atoms with Crippen LogP contribution in [0, 0.1) is 11.6 Å². The van der Waals surface area contributed by atoms with E-state index in [1.165, 1.54) is 16.8 Å². The van der Waals surface area contributed by atoms with Gasteiger partial charge in [0.15, 0.2) is 5.82 Å². The molecule has 0 atom stereocenters. The Hall–Kier alpha value is -2.04. The van der Waals surface area contributed by atoms with Gasteiger partial charge in [0, 0.05) is 6.07 Å². The van der Waals surface area contributed by atoms with Gasteiger partial charge in [-0.3, -0.25) is 0 Å². The van der Waals surface area contributed by atoms with E-state index in [2.05, 4.69) is 16.9 Å². The molecule has 1 heterocycles. The summed E-state index contributed by atoms with van der Waals surface area (Å²) >= 11 is 0. The molecule has 0 aliphatic carbocycles. The second-order valence-corrected chi connectivity index (χ2v) is 3.42. The maximum Gasteiger partial charge on any atom is 0.151 e. The van der Waals surface area contributed by atoms with Gasteiger partial charge in [0.05, 0.1) is 6.20 Å². The first kappa shape index (κ1) is 10.5. The van der Waals surface area contributed by atoms with Crippen LogP contribution >= 0.6 is 0 Å². The number of aromatic nitrogens is 3. The van der Waals surface area contributed by atoms with Crippen LogP contribution in [0.5, 0.6) is 0 Å². The zero-order valence-electron chi connectivity index (χ0n) is 8.61. The van der Waals surface area contributed by atoms with Gasteiger partial charge >= 0.3 is 0 Å². The van der Waals surface area contributed by atoms with Crippen LogP contribution in [-0.4, -0.2) is 15.0 Å². The minimum atomic E-state index is -0.682. The number of rotatable bonds is 2. The summed E-state index contributed by atoms with van der Waals surface area (Å²) in [5, 5.41) is 7.55. The highest BCUT2D eigenvalue weighted by Gasteiger charge is 2.08. The van der Waals surface area contributed by atoms with Gasteiger partial charge in [0.2, 0.25) is 0 Å². The summed E-state index contributed by atoms with van der Waals surface area (Å²) in [5.41, 5.74) is 1.46. The molecule has 5 heteroatoms. The summed E-state index contributed by atoms with van der Waals surface area (Å²) in [7, 11) is 0. The molecule has 2 rings (SSSR count). The molecule has 3 nitrogen and oxygen atoms in total. The standard InChI is InChI=1S/C11H9F2N3/c1-7(2)10-6-16(15-14-10)11-4-3-8(12)5-9(11)13/h3-6H,1H2,2H3. The van der Waals surface area contributed by atoms with Crippen LogP contribution in [0.1, 0.15) is 12.6 Å². The first-order valence-corrected chi connectivity index (χ1v) is 4.61. The lowest BCUT2D eigenvalue weighted by Crippen LogP contribution is -1.98. The molecule has 0 unspecified atom stereocenters. The van der Waals surface area contributed by atoms with E-state index in [4.69, 9.17) is 0 Å². The Morgan fingerprint density at radius 3 is 2.69 bits per heavy atom. The van der Waals surface area contributed by atoms with Gasteiger partial charge in [-0.15, -0.1) is 5.10 Å². The maximum atomic E-state index is 13.4. The molecular formula is C11H9F2N3. The minimum Gasteiger partial charge on any atom is -0.217 e. The van der Waals surface area contributed by atoms with Crippen molar-refractivity contribution in [1.82, 2.24) is 15.0 Å². The van der Waals surface area contributed by atoms with Crippen molar-refractivity contribution in [1.29, 1.82) is 0 Å². The molecule has 0 N–H and O–H groups in total. The third-order valence-electron chi connectivity index (χ3n) is 2.09. The number of hydrogen-bond acceptors (Lipinski definition) is 2. The van der Waals surface area contributed by atoms with E-state index in [-0.39, 0.29) is 5.69 Å². The second-order valence-electron chi connectivity index (χ2n) is 3.42. The summed E-state index contributed by atoms with van der Waals surface area (Å²) in [4.78, 5) is 0. The Labute approximate surface area is 91.0 Å². The Morgan fingerprint density at radius 1 is 1.38 bits per heavy atom.